The lowest BCUT2D eigenvalue weighted by Gasteiger charge is -2.22. The Labute approximate surface area is 166 Å². The third-order valence-electron chi connectivity index (χ3n) is 4.17. The zero-order valence-electron chi connectivity index (χ0n) is 15.4. The van der Waals surface area contributed by atoms with Crippen molar-refractivity contribution < 1.29 is 4.79 Å². The third kappa shape index (κ3) is 6.46. The Balaban J connectivity index is 2.00. The maximum absolute atomic E-state index is 12.5. The van der Waals surface area contributed by atoms with Gasteiger partial charge >= 0.3 is 0 Å². The second-order valence-corrected chi connectivity index (χ2v) is 7.56. The molecule has 2 rings (SSSR count). The Hall–Kier alpha value is -1.85. The van der Waals surface area contributed by atoms with Crippen LogP contribution in [0.1, 0.15) is 31.0 Å². The number of amides is 1. The van der Waals surface area contributed by atoms with Crippen molar-refractivity contribution in [1.82, 2.24) is 10.2 Å². The first-order valence-corrected chi connectivity index (χ1v) is 10.3. The lowest BCUT2D eigenvalue weighted by atomic mass is 9.99. The summed E-state index contributed by atoms with van der Waals surface area (Å²) < 4.78 is 0.782. The number of thiocarbonyl (C=S) groups is 1. The predicted octanol–water partition coefficient (Wildman–Crippen LogP) is 4.45. The highest BCUT2D eigenvalue weighted by Crippen LogP contribution is 2.19. The van der Waals surface area contributed by atoms with Gasteiger partial charge < -0.3 is 10.2 Å². The average molecular weight is 387 g/mol. The molecule has 0 aliphatic rings. The lowest BCUT2D eigenvalue weighted by Crippen LogP contribution is -2.33. The van der Waals surface area contributed by atoms with E-state index in [1.54, 1.807) is 0 Å². The predicted molar refractivity (Wildman–Crippen MR) is 115 cm³/mol. The van der Waals surface area contributed by atoms with Crippen molar-refractivity contribution >= 4 is 34.2 Å². The molecule has 1 N–H and O–H groups in total. The SMILES string of the molecule is CCN(CC)C(=S)SCC(=O)N[C@@H](Cc1ccccc1)c1ccccc1. The molecule has 0 fully saturated rings. The molecule has 0 aliphatic heterocycles. The Kier molecular flexibility index (Phi) is 8.65. The van der Waals surface area contributed by atoms with E-state index in [0.29, 0.717) is 5.75 Å². The van der Waals surface area contributed by atoms with Gasteiger partial charge in [-0.3, -0.25) is 4.79 Å². The Morgan fingerprint density at radius 2 is 1.62 bits per heavy atom. The fourth-order valence-electron chi connectivity index (χ4n) is 2.72. The van der Waals surface area contributed by atoms with Crippen LogP contribution in [0.5, 0.6) is 0 Å². The van der Waals surface area contributed by atoms with Crippen molar-refractivity contribution in [2.24, 2.45) is 0 Å². The van der Waals surface area contributed by atoms with Gasteiger partial charge in [0.2, 0.25) is 5.91 Å². The summed E-state index contributed by atoms with van der Waals surface area (Å²) in [5, 5.41) is 3.17. The van der Waals surface area contributed by atoms with Gasteiger partial charge in [-0.1, -0.05) is 84.6 Å². The molecule has 2 aromatic rings. The Bertz CT molecular complexity index is 688. The maximum atomic E-state index is 12.5. The van der Waals surface area contributed by atoms with Gasteiger partial charge in [0.1, 0.15) is 4.32 Å². The fraction of sp³-hybridized carbons (Fsp3) is 0.333. The van der Waals surface area contributed by atoms with Crippen LogP contribution in [0.15, 0.2) is 60.7 Å². The number of benzene rings is 2. The summed E-state index contributed by atoms with van der Waals surface area (Å²) in [5.41, 5.74) is 2.31. The Morgan fingerprint density at radius 3 is 2.19 bits per heavy atom. The topological polar surface area (TPSA) is 32.3 Å². The Morgan fingerprint density at radius 1 is 1.04 bits per heavy atom. The number of thioether (sulfide) groups is 1. The second kappa shape index (κ2) is 11.0. The molecule has 0 radical (unpaired) electrons. The van der Waals surface area contributed by atoms with Crippen LogP contribution in [0.4, 0.5) is 0 Å². The number of carbonyl (C=O) groups excluding carboxylic acids is 1. The molecule has 0 bridgehead atoms. The van der Waals surface area contributed by atoms with E-state index in [9.17, 15) is 4.79 Å². The van der Waals surface area contributed by atoms with E-state index >= 15 is 0 Å². The van der Waals surface area contributed by atoms with Crippen molar-refractivity contribution in [1.29, 1.82) is 0 Å². The maximum Gasteiger partial charge on any atom is 0.230 e. The van der Waals surface area contributed by atoms with Gasteiger partial charge in [0.05, 0.1) is 11.8 Å². The highest BCUT2D eigenvalue weighted by molar-refractivity contribution is 8.23. The van der Waals surface area contributed by atoms with E-state index in [2.05, 4.69) is 48.3 Å². The minimum absolute atomic E-state index is 0.00860. The summed E-state index contributed by atoms with van der Waals surface area (Å²) in [6, 6.07) is 20.3. The number of hydrogen-bond donors (Lipinski definition) is 1. The van der Waals surface area contributed by atoms with Crippen LogP contribution >= 0.6 is 24.0 Å². The van der Waals surface area contributed by atoms with Crippen molar-refractivity contribution in [3.63, 3.8) is 0 Å². The quantitative estimate of drug-likeness (QED) is 0.680. The molecule has 0 saturated carbocycles. The fourth-order valence-corrected chi connectivity index (χ4v) is 3.94. The number of nitrogens with one attached hydrogen (secondary N) is 1. The van der Waals surface area contributed by atoms with Gasteiger partial charge in [0, 0.05) is 13.1 Å². The highest BCUT2D eigenvalue weighted by Gasteiger charge is 2.16. The van der Waals surface area contributed by atoms with Crippen LogP contribution in [-0.2, 0) is 11.2 Å². The van der Waals surface area contributed by atoms with E-state index in [1.165, 1.54) is 17.3 Å². The van der Waals surface area contributed by atoms with Gasteiger partial charge in [0.15, 0.2) is 0 Å². The molecule has 5 heteroatoms. The van der Waals surface area contributed by atoms with E-state index < -0.39 is 0 Å². The van der Waals surface area contributed by atoms with Crippen molar-refractivity contribution in [2.75, 3.05) is 18.8 Å². The van der Waals surface area contributed by atoms with Crippen molar-refractivity contribution in [3.8, 4) is 0 Å². The van der Waals surface area contributed by atoms with Gasteiger partial charge in [-0.05, 0) is 31.4 Å². The van der Waals surface area contributed by atoms with Crippen molar-refractivity contribution in [2.45, 2.75) is 26.3 Å². The molecule has 2 aromatic carbocycles. The summed E-state index contributed by atoms with van der Waals surface area (Å²) in [4.78, 5) is 14.6. The van der Waals surface area contributed by atoms with E-state index in [1.807, 2.05) is 36.4 Å². The highest BCUT2D eigenvalue weighted by atomic mass is 32.2. The van der Waals surface area contributed by atoms with Crippen LogP contribution < -0.4 is 5.32 Å². The molecule has 0 unspecified atom stereocenters. The largest absolute Gasteiger partial charge is 0.358 e. The molecule has 3 nitrogen and oxygen atoms in total. The minimum atomic E-state index is -0.0475. The van der Waals surface area contributed by atoms with Crippen molar-refractivity contribution in [3.05, 3.63) is 71.8 Å². The first-order valence-electron chi connectivity index (χ1n) is 8.94. The number of rotatable bonds is 8. The summed E-state index contributed by atoms with van der Waals surface area (Å²) >= 11 is 6.84. The van der Waals surface area contributed by atoms with Gasteiger partial charge in [0.25, 0.3) is 0 Å². The minimum Gasteiger partial charge on any atom is -0.358 e. The zero-order valence-corrected chi connectivity index (χ0v) is 17.0. The number of carbonyl (C=O) groups is 1. The van der Waals surface area contributed by atoms with Gasteiger partial charge in [-0.15, -0.1) is 0 Å². The standard InChI is InChI=1S/C21H26N2OS2/c1-3-23(4-2)21(25)26-16-20(24)22-19(18-13-9-6-10-14-18)15-17-11-7-5-8-12-17/h5-14,19H,3-4,15-16H2,1-2H3,(H,22,24)/t19-/m0/s1. The lowest BCUT2D eigenvalue weighted by molar-refractivity contribution is -0.119. The smallest absolute Gasteiger partial charge is 0.230 e. The van der Waals surface area contributed by atoms with E-state index in [-0.39, 0.29) is 11.9 Å². The number of nitrogens with zero attached hydrogens (tertiary/aromatic N) is 1. The first-order chi connectivity index (χ1) is 12.6. The van der Waals surface area contributed by atoms with Gasteiger partial charge in [-0.25, -0.2) is 0 Å². The molecular formula is C21H26N2OS2. The first kappa shape index (κ1) is 20.5. The van der Waals surface area contributed by atoms with Gasteiger partial charge in [-0.2, -0.15) is 0 Å². The summed E-state index contributed by atoms with van der Waals surface area (Å²) in [6.07, 6.45) is 0.766. The summed E-state index contributed by atoms with van der Waals surface area (Å²) in [6.45, 7) is 5.87. The molecule has 0 saturated heterocycles. The molecule has 0 heterocycles. The average Bonchev–Trinajstić information content (AvgIpc) is 2.68. The summed E-state index contributed by atoms with van der Waals surface area (Å²) in [7, 11) is 0. The molecule has 1 atom stereocenters. The van der Waals surface area contributed by atoms with Crippen LogP contribution in [-0.4, -0.2) is 34.0 Å². The normalized spacial score (nSPS) is 11.6. The van der Waals surface area contributed by atoms with Crippen LogP contribution in [0.25, 0.3) is 0 Å². The van der Waals surface area contributed by atoms with E-state index in [4.69, 9.17) is 12.2 Å². The summed E-state index contributed by atoms with van der Waals surface area (Å²) in [5.74, 6) is 0.349. The van der Waals surface area contributed by atoms with E-state index in [0.717, 1.165) is 29.4 Å². The molecule has 0 aromatic heterocycles. The van der Waals surface area contributed by atoms with Crippen LogP contribution in [0.2, 0.25) is 0 Å². The second-order valence-electron chi connectivity index (χ2n) is 5.95. The van der Waals surface area contributed by atoms with Crippen LogP contribution in [0, 0.1) is 0 Å². The molecule has 0 spiro atoms. The molecule has 26 heavy (non-hydrogen) atoms. The number of hydrogen-bond acceptors (Lipinski definition) is 3. The third-order valence-corrected chi connectivity index (χ3v) is 5.69. The monoisotopic (exact) mass is 386 g/mol. The molecule has 1 amide bonds. The zero-order chi connectivity index (χ0) is 18.8. The molecular weight excluding hydrogens is 360 g/mol. The molecule has 138 valence electrons. The van der Waals surface area contributed by atoms with Crippen LogP contribution in [0.3, 0.4) is 0 Å². The molecule has 0 aliphatic carbocycles.